The molecular formula is C39H31N3O6. The highest BCUT2D eigenvalue weighted by atomic mass is 16.5. The Balaban J connectivity index is 1.16. The summed E-state index contributed by atoms with van der Waals surface area (Å²) in [5.74, 6) is -1.40. The zero-order valence-electron chi connectivity index (χ0n) is 26.2. The lowest BCUT2D eigenvalue weighted by molar-refractivity contribution is -0.128. The van der Waals surface area contributed by atoms with Crippen molar-refractivity contribution in [3.8, 4) is 11.5 Å². The van der Waals surface area contributed by atoms with Crippen molar-refractivity contribution in [1.82, 2.24) is 5.43 Å². The van der Waals surface area contributed by atoms with E-state index in [1.165, 1.54) is 18.4 Å². The van der Waals surface area contributed by atoms with E-state index >= 15 is 0 Å². The van der Waals surface area contributed by atoms with Crippen LogP contribution in [0.15, 0.2) is 133 Å². The number of benzene rings is 5. The van der Waals surface area contributed by atoms with E-state index in [-0.39, 0.29) is 17.4 Å². The lowest BCUT2D eigenvalue weighted by atomic mass is 10.1. The fourth-order valence-corrected chi connectivity index (χ4v) is 4.38. The topological polar surface area (TPSA) is 123 Å². The second kappa shape index (κ2) is 15.6. The molecule has 9 nitrogen and oxygen atoms in total. The molecule has 0 aliphatic heterocycles. The highest BCUT2D eigenvalue weighted by molar-refractivity contribution is 6.04. The maximum atomic E-state index is 12.7. The molecule has 2 amide bonds. The predicted molar refractivity (Wildman–Crippen MR) is 184 cm³/mol. The summed E-state index contributed by atoms with van der Waals surface area (Å²) >= 11 is 0. The Hall–Kier alpha value is -6.61. The van der Waals surface area contributed by atoms with Crippen LogP contribution in [0.5, 0.6) is 11.5 Å². The van der Waals surface area contributed by atoms with Crippen LogP contribution in [0, 0.1) is 13.8 Å². The molecule has 2 N–H and O–H groups in total. The Bertz CT molecular complexity index is 2000. The number of hydrogen-bond acceptors (Lipinski definition) is 7. The Morgan fingerprint density at radius 1 is 0.583 bits per heavy atom. The maximum absolute atomic E-state index is 12.7. The molecule has 0 unspecified atom stereocenters. The molecule has 0 heterocycles. The average molecular weight is 638 g/mol. The molecule has 0 atom stereocenters. The summed E-state index contributed by atoms with van der Waals surface area (Å²) in [6.45, 7) is 3.87. The van der Waals surface area contributed by atoms with Crippen molar-refractivity contribution in [3.63, 3.8) is 0 Å². The Kier molecular flexibility index (Phi) is 10.6. The number of hydrogen-bond donors (Lipinski definition) is 2. The number of nitrogens with zero attached hydrogens (tertiary/aromatic N) is 1. The van der Waals surface area contributed by atoms with Crippen LogP contribution in [0.25, 0.3) is 6.08 Å². The average Bonchev–Trinajstić information content (AvgIpc) is 3.09. The first-order chi connectivity index (χ1) is 23.2. The summed E-state index contributed by atoms with van der Waals surface area (Å²) in [5.41, 5.74) is 7.29. The van der Waals surface area contributed by atoms with Gasteiger partial charge < -0.3 is 14.8 Å². The fraction of sp³-hybridized carbons (Fsp3) is 0.0513. The van der Waals surface area contributed by atoms with E-state index in [1.54, 1.807) is 97.1 Å². The van der Waals surface area contributed by atoms with E-state index in [0.29, 0.717) is 33.5 Å². The monoisotopic (exact) mass is 637 g/mol. The minimum absolute atomic E-state index is 0.220. The van der Waals surface area contributed by atoms with Gasteiger partial charge in [-0.25, -0.2) is 15.0 Å². The number of carbonyl (C=O) groups is 4. The van der Waals surface area contributed by atoms with Crippen LogP contribution in [0.3, 0.4) is 0 Å². The predicted octanol–water partition coefficient (Wildman–Crippen LogP) is 7.16. The molecule has 0 aliphatic rings. The van der Waals surface area contributed by atoms with Crippen LogP contribution in [0.1, 0.15) is 53.3 Å². The number of carbonyl (C=O) groups excluding carboxylic acids is 4. The molecule has 5 aromatic rings. The second-order valence-corrected chi connectivity index (χ2v) is 10.7. The SMILES string of the molecule is Cc1ccc(C(=O)Nc2ccc(C(=O)N/N=C/c3ccccc3OC(=O)/C=C/c3ccccc3OC(=O)c3ccc(C)cc3)cc2)cc1. The van der Waals surface area contributed by atoms with E-state index < -0.39 is 17.8 Å². The number of para-hydroxylation sites is 2. The third-order valence-corrected chi connectivity index (χ3v) is 7.03. The van der Waals surface area contributed by atoms with E-state index in [9.17, 15) is 19.2 Å². The van der Waals surface area contributed by atoms with Gasteiger partial charge in [-0.15, -0.1) is 0 Å². The third kappa shape index (κ3) is 8.98. The van der Waals surface area contributed by atoms with Crippen LogP contribution in [-0.4, -0.2) is 30.0 Å². The number of amides is 2. The summed E-state index contributed by atoms with van der Waals surface area (Å²) in [6, 6.07) is 34.1. The summed E-state index contributed by atoms with van der Waals surface area (Å²) < 4.78 is 11.1. The standard InChI is InChI=1S/C39H31N3O6/c1-26-11-15-29(16-12-26)37(44)41-33-22-19-30(20-23-33)38(45)42-40-25-32-8-4-6-10-35(32)47-36(43)24-21-28-7-3-5-9-34(28)48-39(46)31-17-13-27(2)14-18-31/h3-25H,1-2H3,(H,41,44)(H,42,45)/b24-21+,40-25+. The molecule has 9 heteroatoms. The van der Waals surface area contributed by atoms with Crippen molar-refractivity contribution in [3.05, 3.63) is 166 Å². The van der Waals surface area contributed by atoms with Crippen LogP contribution in [0.2, 0.25) is 0 Å². The number of ether oxygens (including phenoxy) is 2. The zero-order valence-corrected chi connectivity index (χ0v) is 26.2. The van der Waals surface area contributed by atoms with Crippen molar-refractivity contribution < 1.29 is 28.7 Å². The molecule has 0 saturated carbocycles. The minimum atomic E-state index is -0.672. The van der Waals surface area contributed by atoms with Gasteiger partial charge >= 0.3 is 11.9 Å². The Labute approximate surface area is 277 Å². The Morgan fingerprint density at radius 2 is 1.10 bits per heavy atom. The van der Waals surface area contributed by atoms with Crippen molar-refractivity contribution in [2.45, 2.75) is 13.8 Å². The molecule has 0 fully saturated rings. The van der Waals surface area contributed by atoms with Gasteiger partial charge in [0.1, 0.15) is 11.5 Å². The van der Waals surface area contributed by atoms with Gasteiger partial charge in [0.05, 0.1) is 11.8 Å². The smallest absolute Gasteiger partial charge is 0.343 e. The number of aryl methyl sites for hydroxylation is 2. The van der Waals surface area contributed by atoms with Crippen molar-refractivity contribution in [2.75, 3.05) is 5.32 Å². The molecule has 238 valence electrons. The first-order valence-electron chi connectivity index (χ1n) is 14.9. The van der Waals surface area contributed by atoms with Gasteiger partial charge in [-0.1, -0.05) is 65.7 Å². The molecule has 5 aromatic carbocycles. The summed E-state index contributed by atoms with van der Waals surface area (Å²) in [4.78, 5) is 50.4. The number of nitrogens with one attached hydrogen (secondary N) is 2. The van der Waals surface area contributed by atoms with Gasteiger partial charge in [0.2, 0.25) is 0 Å². The van der Waals surface area contributed by atoms with E-state index in [2.05, 4.69) is 15.8 Å². The van der Waals surface area contributed by atoms with E-state index in [0.717, 1.165) is 11.1 Å². The summed E-state index contributed by atoms with van der Waals surface area (Å²) in [5, 5.41) is 6.81. The van der Waals surface area contributed by atoms with Crippen molar-refractivity contribution in [1.29, 1.82) is 0 Å². The quantitative estimate of drug-likeness (QED) is 0.0551. The second-order valence-electron chi connectivity index (χ2n) is 10.7. The number of anilines is 1. The largest absolute Gasteiger partial charge is 0.423 e. The van der Waals surface area contributed by atoms with Gasteiger partial charge in [0.25, 0.3) is 11.8 Å². The van der Waals surface area contributed by atoms with E-state index in [4.69, 9.17) is 9.47 Å². The van der Waals surface area contributed by atoms with Crippen LogP contribution in [-0.2, 0) is 4.79 Å². The van der Waals surface area contributed by atoms with E-state index in [1.807, 2.05) is 38.1 Å². The van der Waals surface area contributed by atoms with Crippen molar-refractivity contribution >= 4 is 41.7 Å². The van der Waals surface area contributed by atoms with Crippen molar-refractivity contribution in [2.24, 2.45) is 5.10 Å². The van der Waals surface area contributed by atoms with Gasteiger partial charge in [0.15, 0.2) is 0 Å². The van der Waals surface area contributed by atoms with Crippen LogP contribution >= 0.6 is 0 Å². The molecule has 0 aromatic heterocycles. The molecule has 0 bridgehead atoms. The highest BCUT2D eigenvalue weighted by Gasteiger charge is 2.12. The van der Waals surface area contributed by atoms with Crippen LogP contribution in [0.4, 0.5) is 5.69 Å². The fourth-order valence-electron chi connectivity index (χ4n) is 4.38. The third-order valence-electron chi connectivity index (χ3n) is 7.03. The van der Waals surface area contributed by atoms with Gasteiger partial charge in [-0.05, 0) is 86.7 Å². The number of hydrazone groups is 1. The molecule has 5 rings (SSSR count). The number of esters is 2. The van der Waals surface area contributed by atoms with Gasteiger partial charge in [-0.3, -0.25) is 9.59 Å². The van der Waals surface area contributed by atoms with Gasteiger partial charge in [0, 0.05) is 34.0 Å². The normalized spacial score (nSPS) is 10.9. The summed E-state index contributed by atoms with van der Waals surface area (Å²) in [6.07, 6.45) is 4.08. The number of rotatable bonds is 10. The summed E-state index contributed by atoms with van der Waals surface area (Å²) in [7, 11) is 0. The lowest BCUT2D eigenvalue weighted by Crippen LogP contribution is -2.18. The molecule has 48 heavy (non-hydrogen) atoms. The van der Waals surface area contributed by atoms with Crippen LogP contribution < -0.4 is 20.2 Å². The zero-order chi connectivity index (χ0) is 33.9. The Morgan fingerprint density at radius 3 is 1.75 bits per heavy atom. The molecule has 0 radical (unpaired) electrons. The highest BCUT2D eigenvalue weighted by Crippen LogP contribution is 2.22. The lowest BCUT2D eigenvalue weighted by Gasteiger charge is -2.08. The molecule has 0 saturated heterocycles. The molecular weight excluding hydrogens is 606 g/mol. The van der Waals surface area contributed by atoms with Gasteiger partial charge in [-0.2, -0.15) is 5.10 Å². The first-order valence-corrected chi connectivity index (χ1v) is 14.9. The first kappa shape index (κ1) is 32.8. The molecule has 0 aliphatic carbocycles. The molecule has 0 spiro atoms. The maximum Gasteiger partial charge on any atom is 0.343 e. The minimum Gasteiger partial charge on any atom is -0.423 e.